The molecule has 0 saturated carbocycles. The number of halogens is 1. The van der Waals surface area contributed by atoms with Crippen molar-refractivity contribution in [2.45, 2.75) is 6.54 Å². The molecule has 0 aliphatic heterocycles. The minimum absolute atomic E-state index is 0.146. The summed E-state index contributed by atoms with van der Waals surface area (Å²) in [7, 11) is 1.59. The van der Waals surface area contributed by atoms with Crippen LogP contribution in [0, 0.1) is 0 Å². The molecule has 2 aromatic carbocycles. The number of hydrogen-bond donors (Lipinski definition) is 1. The van der Waals surface area contributed by atoms with Crippen molar-refractivity contribution in [3.05, 3.63) is 75.2 Å². The van der Waals surface area contributed by atoms with Gasteiger partial charge in [0.15, 0.2) is 0 Å². The first kappa shape index (κ1) is 17.9. The molecule has 0 saturated heterocycles. The summed E-state index contributed by atoms with van der Waals surface area (Å²) >= 11 is 6.92. The molecule has 1 amide bonds. The van der Waals surface area contributed by atoms with Gasteiger partial charge in [-0.05, 0) is 0 Å². The number of nitrogens with zero attached hydrogens (tertiary/aromatic N) is 2. The molecule has 5 nitrogen and oxygen atoms in total. The molecule has 8 heteroatoms. The third kappa shape index (κ3) is 4.60. The molecule has 1 heterocycles. The van der Waals surface area contributed by atoms with Crippen LogP contribution in [0.5, 0.6) is 0 Å². The number of hydrogen-bond acceptors (Lipinski definition) is 4. The summed E-state index contributed by atoms with van der Waals surface area (Å²) in [6.07, 6.45) is 0. The summed E-state index contributed by atoms with van der Waals surface area (Å²) in [6, 6.07) is 14.9. The second kappa shape index (κ2) is 8.00. The minimum atomic E-state index is -0.350. The van der Waals surface area contributed by atoms with Gasteiger partial charge in [0.25, 0.3) is 0 Å². The number of nitrogens with one attached hydrogen (secondary N) is 1. The van der Waals surface area contributed by atoms with E-state index in [4.69, 9.17) is 11.6 Å². The van der Waals surface area contributed by atoms with Gasteiger partial charge >= 0.3 is 161 Å². The Hall–Kier alpha value is -1.88. The van der Waals surface area contributed by atoms with Gasteiger partial charge in [-0.25, -0.2) is 0 Å². The van der Waals surface area contributed by atoms with Crippen molar-refractivity contribution < 1.29 is 4.79 Å². The van der Waals surface area contributed by atoms with Crippen LogP contribution in [0.15, 0.2) is 53.3 Å². The summed E-state index contributed by atoms with van der Waals surface area (Å²) < 4.78 is 3.60. The van der Waals surface area contributed by atoms with E-state index in [1.165, 1.54) is 11.5 Å². The van der Waals surface area contributed by atoms with Crippen LogP contribution >= 0.6 is 23.1 Å². The number of aromatic nitrogens is 2. The zero-order valence-corrected chi connectivity index (χ0v) is 16.7. The van der Waals surface area contributed by atoms with E-state index in [9.17, 15) is 9.59 Å². The van der Waals surface area contributed by atoms with Gasteiger partial charge in [0, 0.05) is 0 Å². The summed E-state index contributed by atoms with van der Waals surface area (Å²) in [5.74, 6) is -0.146. The number of amides is 1. The summed E-state index contributed by atoms with van der Waals surface area (Å²) in [5, 5.41) is 3.29. The van der Waals surface area contributed by atoms with Crippen molar-refractivity contribution in [2.75, 3.05) is 7.05 Å². The molecule has 1 N–H and O–H groups in total. The van der Waals surface area contributed by atoms with Crippen LogP contribution in [0.1, 0.15) is 15.9 Å². The molecule has 3 rings (SSSR count). The number of rotatable bonds is 5. The number of carbonyl (C=O) groups is 1. The normalized spacial score (nSPS) is 11.1. The Kier molecular flexibility index (Phi) is 5.74. The van der Waals surface area contributed by atoms with Crippen LogP contribution in [-0.4, -0.2) is 37.6 Å². The van der Waals surface area contributed by atoms with Gasteiger partial charge in [-0.1, -0.05) is 0 Å². The first-order chi connectivity index (χ1) is 12.0. The molecule has 1 aromatic heterocycles. The van der Waals surface area contributed by atoms with Crippen LogP contribution in [0.3, 0.4) is 0 Å². The van der Waals surface area contributed by atoms with Crippen molar-refractivity contribution in [2.24, 2.45) is 0 Å². The van der Waals surface area contributed by atoms with Crippen molar-refractivity contribution in [3.63, 3.8) is 0 Å². The van der Waals surface area contributed by atoms with Gasteiger partial charge < -0.3 is 0 Å². The molecule has 0 bridgehead atoms. The van der Waals surface area contributed by atoms with Gasteiger partial charge in [-0.15, -0.1) is 0 Å². The zero-order chi connectivity index (χ0) is 17.8. The van der Waals surface area contributed by atoms with Gasteiger partial charge in [0.2, 0.25) is 0 Å². The fourth-order valence-corrected chi connectivity index (χ4v) is 5.80. The van der Waals surface area contributed by atoms with Crippen molar-refractivity contribution in [1.82, 2.24) is 14.3 Å². The molecule has 0 fully saturated rings. The fraction of sp³-hybridized carbons (Fsp3) is 0.118. The molecule has 1 radical (unpaired) electrons. The second-order valence-electron chi connectivity index (χ2n) is 5.17. The Labute approximate surface area is 160 Å². The van der Waals surface area contributed by atoms with Gasteiger partial charge in [0.1, 0.15) is 0 Å². The maximum absolute atomic E-state index is 12.1. The Morgan fingerprint density at radius 3 is 2.76 bits per heavy atom. The maximum atomic E-state index is 12.1. The van der Waals surface area contributed by atoms with Gasteiger partial charge in [-0.2, -0.15) is 0 Å². The van der Waals surface area contributed by atoms with E-state index in [1.807, 2.05) is 36.4 Å². The molecular weight excluding hydrogens is 421 g/mol. The molecule has 0 aliphatic rings. The van der Waals surface area contributed by atoms with E-state index < -0.39 is 0 Å². The van der Waals surface area contributed by atoms with Crippen molar-refractivity contribution >= 4 is 52.9 Å². The van der Waals surface area contributed by atoms with E-state index in [-0.39, 0.29) is 27.3 Å². The quantitative estimate of drug-likeness (QED) is 0.610. The standard InChI is InChI=1S/C17H14AsClN3O2S/c1-20-15(23)12-4-2-3-11(9-12)10-22-17(24)21-16(25-22)18-13-5-7-14(19)8-6-13/h2-9H,10H2,1H3,(H,20,23). The summed E-state index contributed by atoms with van der Waals surface area (Å²) in [6.45, 7) is 0.406. The number of benzene rings is 2. The zero-order valence-electron chi connectivity index (χ0n) is 13.3. The topological polar surface area (TPSA) is 64.0 Å². The molecule has 25 heavy (non-hydrogen) atoms. The molecular formula is C17H14AsClN3O2S. The van der Waals surface area contributed by atoms with E-state index >= 15 is 0 Å². The van der Waals surface area contributed by atoms with E-state index in [2.05, 4.69) is 10.3 Å². The van der Waals surface area contributed by atoms with Crippen molar-refractivity contribution in [3.8, 4) is 0 Å². The number of carbonyl (C=O) groups excluding carboxylic acids is 1. The first-order valence-electron chi connectivity index (χ1n) is 7.41. The first-order valence-corrected chi connectivity index (χ1v) is 10.4. The predicted octanol–water partition coefficient (Wildman–Crippen LogP) is 1.02. The third-order valence-corrected chi connectivity index (χ3v) is 7.17. The SMILES string of the molecule is CNC(=O)c1cccc(Cn2sc([As]c3ccc(Cl)cc3)nc2=O)c1. The molecule has 0 spiro atoms. The molecule has 0 atom stereocenters. The predicted molar refractivity (Wildman–Crippen MR) is 102 cm³/mol. The Bertz CT molecular complexity index is 953. The van der Waals surface area contributed by atoms with E-state index in [1.54, 1.807) is 23.1 Å². The Morgan fingerprint density at radius 2 is 2.04 bits per heavy atom. The summed E-state index contributed by atoms with van der Waals surface area (Å²) in [5.41, 5.74) is 1.21. The second-order valence-corrected chi connectivity index (χ2v) is 9.72. The van der Waals surface area contributed by atoms with Crippen LogP contribution in [0.4, 0.5) is 0 Å². The Balaban J connectivity index is 1.78. The van der Waals surface area contributed by atoms with Crippen LogP contribution in [0.2, 0.25) is 5.02 Å². The average molecular weight is 435 g/mol. The van der Waals surface area contributed by atoms with Crippen molar-refractivity contribution in [1.29, 1.82) is 0 Å². The van der Waals surface area contributed by atoms with Crippen LogP contribution < -0.4 is 19.2 Å². The van der Waals surface area contributed by atoms with Gasteiger partial charge in [0.05, 0.1) is 0 Å². The molecule has 0 unspecified atom stereocenters. The third-order valence-electron chi connectivity index (χ3n) is 3.39. The summed E-state index contributed by atoms with van der Waals surface area (Å²) in [4.78, 5) is 28.0. The Morgan fingerprint density at radius 1 is 1.28 bits per heavy atom. The molecule has 3 aromatic rings. The van der Waals surface area contributed by atoms with Crippen LogP contribution in [0.25, 0.3) is 0 Å². The molecule has 127 valence electrons. The fourth-order valence-electron chi connectivity index (χ4n) is 2.19. The van der Waals surface area contributed by atoms with Gasteiger partial charge in [-0.3, -0.25) is 0 Å². The molecule has 0 aliphatic carbocycles. The van der Waals surface area contributed by atoms with E-state index in [0.717, 1.165) is 13.7 Å². The van der Waals surface area contributed by atoms with E-state index in [0.29, 0.717) is 17.1 Å². The monoisotopic (exact) mass is 434 g/mol. The van der Waals surface area contributed by atoms with Crippen LogP contribution in [-0.2, 0) is 6.54 Å². The average Bonchev–Trinajstić information content (AvgIpc) is 2.95.